The highest BCUT2D eigenvalue weighted by molar-refractivity contribution is 5.15. The molecule has 0 radical (unpaired) electrons. The summed E-state index contributed by atoms with van der Waals surface area (Å²) in [6.45, 7) is 8.70. The van der Waals surface area contributed by atoms with Crippen LogP contribution in [0.1, 0.15) is 70.6 Å². The van der Waals surface area contributed by atoms with Crippen molar-refractivity contribution in [1.29, 1.82) is 0 Å². The maximum atomic E-state index is 4.35. The van der Waals surface area contributed by atoms with Gasteiger partial charge in [-0.05, 0) is 43.9 Å². The molecule has 0 heterocycles. The van der Waals surface area contributed by atoms with Crippen LogP contribution >= 0.6 is 0 Å². The van der Waals surface area contributed by atoms with Gasteiger partial charge in [0.1, 0.15) is 0 Å². The van der Waals surface area contributed by atoms with Crippen molar-refractivity contribution in [1.82, 2.24) is 0 Å². The monoisotopic (exact) mass is 232 g/mol. The Morgan fingerprint density at radius 1 is 0.647 bits per heavy atom. The van der Waals surface area contributed by atoms with Gasteiger partial charge in [0.25, 0.3) is 0 Å². The Morgan fingerprint density at radius 3 is 1.35 bits per heavy atom. The predicted molar refractivity (Wildman–Crippen MR) is 76.0 cm³/mol. The molecule has 2 saturated carbocycles. The number of hydrogen-bond donors (Lipinski definition) is 0. The highest BCUT2D eigenvalue weighted by Gasteiger charge is 2.20. The summed E-state index contributed by atoms with van der Waals surface area (Å²) >= 11 is 0. The molecule has 2 fully saturated rings. The Morgan fingerprint density at radius 2 is 1.00 bits per heavy atom. The molecule has 0 bridgehead atoms. The third-order valence-electron chi connectivity index (χ3n) is 4.82. The lowest BCUT2D eigenvalue weighted by Gasteiger charge is -2.28. The van der Waals surface area contributed by atoms with E-state index in [0.717, 1.165) is 18.3 Å². The summed E-state index contributed by atoms with van der Waals surface area (Å²) in [7, 11) is 0. The molecule has 0 spiro atoms. The molecule has 0 unspecified atom stereocenters. The summed E-state index contributed by atoms with van der Waals surface area (Å²) < 4.78 is 0. The summed E-state index contributed by atoms with van der Waals surface area (Å²) in [5.41, 5.74) is 2.97. The molecule has 2 rings (SSSR count). The second kappa shape index (κ2) is 6.42. The van der Waals surface area contributed by atoms with E-state index in [1.807, 2.05) is 0 Å². The number of rotatable bonds is 4. The van der Waals surface area contributed by atoms with Crippen molar-refractivity contribution >= 4 is 0 Å². The average molecular weight is 232 g/mol. The van der Waals surface area contributed by atoms with Gasteiger partial charge in [0.2, 0.25) is 0 Å². The van der Waals surface area contributed by atoms with Gasteiger partial charge < -0.3 is 0 Å². The molecule has 0 nitrogen and oxygen atoms in total. The largest absolute Gasteiger partial charge is 0.0993 e. The Labute approximate surface area is 107 Å². The first-order valence-electron chi connectivity index (χ1n) is 7.62. The van der Waals surface area contributed by atoms with E-state index >= 15 is 0 Å². The second-order valence-corrected chi connectivity index (χ2v) is 6.16. The molecule has 0 aliphatic heterocycles. The maximum Gasteiger partial charge on any atom is -0.0108 e. The average Bonchev–Trinajstić information content (AvgIpc) is 2.40. The van der Waals surface area contributed by atoms with Crippen molar-refractivity contribution in [2.75, 3.05) is 0 Å². The molecule has 0 saturated heterocycles. The summed E-state index contributed by atoms with van der Waals surface area (Å²) in [6, 6.07) is 0. The molecule has 0 aromatic rings. The maximum absolute atomic E-state index is 4.35. The number of hydrogen-bond acceptors (Lipinski definition) is 0. The Hall–Kier alpha value is -0.520. The first kappa shape index (κ1) is 12.9. The van der Waals surface area contributed by atoms with E-state index in [9.17, 15) is 0 Å². The molecule has 0 aromatic heterocycles. The molecule has 17 heavy (non-hydrogen) atoms. The fraction of sp³-hybridized carbons (Fsp3) is 0.765. The van der Waals surface area contributed by atoms with Crippen molar-refractivity contribution in [3.8, 4) is 0 Å². The highest BCUT2D eigenvalue weighted by Crippen LogP contribution is 2.36. The Balaban J connectivity index is 1.78. The van der Waals surface area contributed by atoms with Crippen molar-refractivity contribution in [3.63, 3.8) is 0 Å². The van der Waals surface area contributed by atoms with Gasteiger partial charge >= 0.3 is 0 Å². The van der Waals surface area contributed by atoms with E-state index in [0.29, 0.717) is 0 Å². The van der Waals surface area contributed by atoms with Crippen LogP contribution in [0.5, 0.6) is 0 Å². The quantitative estimate of drug-likeness (QED) is 0.549. The fourth-order valence-corrected chi connectivity index (χ4v) is 3.60. The van der Waals surface area contributed by atoms with Gasteiger partial charge in [-0.15, -0.1) is 0 Å². The van der Waals surface area contributed by atoms with Crippen LogP contribution in [-0.4, -0.2) is 0 Å². The Bertz CT molecular complexity index is 234. The minimum atomic E-state index is 0.809. The van der Waals surface area contributed by atoms with Crippen LogP contribution in [0.15, 0.2) is 24.3 Å². The lowest BCUT2D eigenvalue weighted by Crippen LogP contribution is -2.13. The summed E-state index contributed by atoms with van der Waals surface area (Å²) in [5.74, 6) is 1.62. The van der Waals surface area contributed by atoms with Crippen LogP contribution in [0.2, 0.25) is 0 Å². The van der Waals surface area contributed by atoms with Crippen molar-refractivity contribution in [3.05, 3.63) is 24.3 Å². The highest BCUT2D eigenvalue weighted by atomic mass is 14.3. The van der Waals surface area contributed by atoms with E-state index in [4.69, 9.17) is 0 Å². The van der Waals surface area contributed by atoms with Gasteiger partial charge in [-0.1, -0.05) is 62.8 Å². The van der Waals surface area contributed by atoms with Crippen LogP contribution in [0.3, 0.4) is 0 Å². The summed E-state index contributed by atoms with van der Waals surface area (Å²) in [6.07, 6.45) is 15.2. The molecule has 96 valence electrons. The lowest BCUT2D eigenvalue weighted by molar-refractivity contribution is 0.380. The van der Waals surface area contributed by atoms with Crippen LogP contribution < -0.4 is 0 Å². The molecule has 0 N–H and O–H groups in total. The van der Waals surface area contributed by atoms with Gasteiger partial charge in [-0.25, -0.2) is 0 Å². The van der Waals surface area contributed by atoms with Crippen molar-refractivity contribution in [2.24, 2.45) is 11.8 Å². The first-order valence-corrected chi connectivity index (χ1v) is 7.62. The smallest absolute Gasteiger partial charge is 0.0108 e. The van der Waals surface area contributed by atoms with Crippen molar-refractivity contribution in [2.45, 2.75) is 70.6 Å². The zero-order chi connectivity index (χ0) is 12.1. The SMILES string of the molecule is C=C(CC(=C)C1CCCCC1)C1CCCCC1. The van der Waals surface area contributed by atoms with Gasteiger partial charge in [0, 0.05) is 0 Å². The molecular formula is C17H28. The van der Waals surface area contributed by atoms with E-state index in [2.05, 4.69) is 13.2 Å². The zero-order valence-electron chi connectivity index (χ0n) is 11.3. The van der Waals surface area contributed by atoms with Crippen molar-refractivity contribution < 1.29 is 0 Å². The third kappa shape index (κ3) is 3.72. The standard InChI is InChI=1S/C17H28/c1-14(16-9-5-3-6-10-16)13-15(2)17-11-7-4-8-12-17/h16-17H,1-13H2. The van der Waals surface area contributed by atoms with E-state index in [-0.39, 0.29) is 0 Å². The lowest BCUT2D eigenvalue weighted by atomic mass is 9.78. The topological polar surface area (TPSA) is 0 Å². The fourth-order valence-electron chi connectivity index (χ4n) is 3.60. The second-order valence-electron chi connectivity index (χ2n) is 6.16. The van der Waals surface area contributed by atoms with E-state index in [1.54, 1.807) is 0 Å². The minimum Gasteiger partial charge on any atom is -0.0993 e. The molecule has 2 aliphatic carbocycles. The van der Waals surface area contributed by atoms with E-state index in [1.165, 1.54) is 75.4 Å². The van der Waals surface area contributed by atoms with Crippen LogP contribution in [0.4, 0.5) is 0 Å². The number of allylic oxidation sites excluding steroid dienone is 2. The predicted octanol–water partition coefficient (Wildman–Crippen LogP) is 5.65. The normalized spacial score (nSPS) is 23.5. The van der Waals surface area contributed by atoms with Crippen LogP contribution in [-0.2, 0) is 0 Å². The minimum absolute atomic E-state index is 0.809. The van der Waals surface area contributed by atoms with Gasteiger partial charge in [0.15, 0.2) is 0 Å². The van der Waals surface area contributed by atoms with Gasteiger partial charge in [-0.2, -0.15) is 0 Å². The molecular weight excluding hydrogens is 204 g/mol. The molecule has 0 aromatic carbocycles. The Kier molecular flexibility index (Phi) is 4.88. The van der Waals surface area contributed by atoms with Crippen LogP contribution in [0.25, 0.3) is 0 Å². The molecule has 0 heteroatoms. The zero-order valence-corrected chi connectivity index (χ0v) is 11.3. The third-order valence-corrected chi connectivity index (χ3v) is 4.82. The molecule has 0 atom stereocenters. The van der Waals surface area contributed by atoms with Crippen LogP contribution in [0, 0.1) is 11.8 Å². The van der Waals surface area contributed by atoms with Gasteiger partial charge in [-0.3, -0.25) is 0 Å². The van der Waals surface area contributed by atoms with Gasteiger partial charge in [0.05, 0.1) is 0 Å². The summed E-state index contributed by atoms with van der Waals surface area (Å²) in [5, 5.41) is 0. The molecule has 2 aliphatic rings. The molecule has 0 amide bonds. The first-order chi connectivity index (χ1) is 8.27. The van der Waals surface area contributed by atoms with E-state index < -0.39 is 0 Å². The summed E-state index contributed by atoms with van der Waals surface area (Å²) in [4.78, 5) is 0.